The highest BCUT2D eigenvalue weighted by atomic mass is 32.2. The highest BCUT2D eigenvalue weighted by Crippen LogP contribution is 2.29. The number of methoxy groups -OCH3 is 1. The maximum atomic E-state index is 13.1. The molecule has 0 saturated carbocycles. The molecule has 0 aliphatic heterocycles. The van der Waals surface area contributed by atoms with Crippen molar-refractivity contribution < 1.29 is 14.3 Å². The second-order valence-electron chi connectivity index (χ2n) is 9.59. The van der Waals surface area contributed by atoms with Crippen LogP contribution < -0.4 is 10.1 Å². The summed E-state index contributed by atoms with van der Waals surface area (Å²) < 4.78 is 7.62. The summed E-state index contributed by atoms with van der Waals surface area (Å²) in [6, 6.07) is 23.6. The van der Waals surface area contributed by atoms with E-state index in [4.69, 9.17) is 4.74 Å². The molecule has 0 aliphatic rings. The number of thiazole rings is 1. The zero-order chi connectivity index (χ0) is 27.9. The van der Waals surface area contributed by atoms with Crippen LogP contribution in [0.5, 0.6) is 5.75 Å². The van der Waals surface area contributed by atoms with Gasteiger partial charge >= 0.3 is 0 Å². The van der Waals surface area contributed by atoms with E-state index in [1.54, 1.807) is 42.0 Å². The van der Waals surface area contributed by atoms with Crippen molar-refractivity contribution in [1.82, 2.24) is 20.2 Å². The number of para-hydroxylation sites is 3. The average Bonchev–Trinajstić information content (AvgIpc) is 3.56. The zero-order valence-corrected chi connectivity index (χ0v) is 24.2. The zero-order valence-electron chi connectivity index (χ0n) is 22.6. The van der Waals surface area contributed by atoms with Crippen LogP contribution in [0.4, 0.5) is 0 Å². The first-order valence-corrected chi connectivity index (χ1v) is 15.0. The van der Waals surface area contributed by atoms with Crippen LogP contribution in [0.15, 0.2) is 83.3 Å². The molecule has 7 nitrogen and oxygen atoms in total. The van der Waals surface area contributed by atoms with E-state index >= 15 is 0 Å². The number of amides is 2. The van der Waals surface area contributed by atoms with Crippen LogP contribution in [0.2, 0.25) is 0 Å². The minimum Gasteiger partial charge on any atom is -0.496 e. The SMILES string of the molecule is COc1ccccc1CN(CC(Cc1c[nH]c2ccccc12)NC(=O)CCSc1nc2ccccc2s1)C(C)=O. The molecule has 206 valence electrons. The Bertz CT molecular complexity index is 1580. The molecule has 2 aromatic heterocycles. The molecule has 5 rings (SSSR count). The van der Waals surface area contributed by atoms with Gasteiger partial charge in [-0.2, -0.15) is 0 Å². The monoisotopic (exact) mass is 572 g/mol. The Hall–Kier alpha value is -3.82. The summed E-state index contributed by atoms with van der Waals surface area (Å²) in [6.45, 7) is 2.34. The number of aromatic nitrogens is 2. The lowest BCUT2D eigenvalue weighted by molar-refractivity contribution is -0.130. The lowest BCUT2D eigenvalue weighted by Crippen LogP contribution is -2.46. The summed E-state index contributed by atoms with van der Waals surface area (Å²) in [5.74, 6) is 1.26. The Morgan fingerprint density at radius 1 is 1.05 bits per heavy atom. The van der Waals surface area contributed by atoms with E-state index in [0.29, 0.717) is 31.7 Å². The Morgan fingerprint density at radius 3 is 2.65 bits per heavy atom. The maximum absolute atomic E-state index is 13.1. The van der Waals surface area contributed by atoms with Crippen LogP contribution in [0.25, 0.3) is 21.1 Å². The van der Waals surface area contributed by atoms with E-state index in [-0.39, 0.29) is 17.9 Å². The van der Waals surface area contributed by atoms with Gasteiger partial charge in [0.2, 0.25) is 11.8 Å². The second-order valence-corrected chi connectivity index (χ2v) is 12.0. The topological polar surface area (TPSA) is 87.3 Å². The molecule has 2 N–H and O–H groups in total. The second kappa shape index (κ2) is 13.0. The molecule has 0 radical (unpaired) electrons. The summed E-state index contributed by atoms with van der Waals surface area (Å²) >= 11 is 3.24. The van der Waals surface area contributed by atoms with E-state index in [1.807, 2.05) is 66.9 Å². The van der Waals surface area contributed by atoms with Crippen molar-refractivity contribution in [2.75, 3.05) is 19.4 Å². The molecule has 1 unspecified atom stereocenters. The predicted molar refractivity (Wildman–Crippen MR) is 163 cm³/mol. The smallest absolute Gasteiger partial charge is 0.221 e. The van der Waals surface area contributed by atoms with Gasteiger partial charge in [-0.05, 0) is 36.2 Å². The van der Waals surface area contributed by atoms with Gasteiger partial charge in [0.15, 0.2) is 4.34 Å². The van der Waals surface area contributed by atoms with Crippen LogP contribution in [0.1, 0.15) is 24.5 Å². The lowest BCUT2D eigenvalue weighted by atomic mass is 10.0. The number of H-pyrrole nitrogens is 1. The van der Waals surface area contributed by atoms with Gasteiger partial charge in [0.05, 0.1) is 23.4 Å². The van der Waals surface area contributed by atoms with Gasteiger partial charge in [-0.25, -0.2) is 4.98 Å². The fraction of sp³-hybridized carbons (Fsp3) is 0.258. The molecule has 5 aromatic rings. The number of nitrogens with one attached hydrogen (secondary N) is 2. The highest BCUT2D eigenvalue weighted by molar-refractivity contribution is 8.01. The van der Waals surface area contributed by atoms with Crippen molar-refractivity contribution in [2.45, 2.75) is 36.7 Å². The third kappa shape index (κ3) is 6.84. The average molecular weight is 573 g/mol. The number of carbonyl (C=O) groups excluding carboxylic acids is 2. The van der Waals surface area contributed by atoms with Gasteiger partial charge in [0.1, 0.15) is 5.75 Å². The van der Waals surface area contributed by atoms with Crippen molar-refractivity contribution in [3.05, 3.63) is 90.1 Å². The van der Waals surface area contributed by atoms with Crippen molar-refractivity contribution >= 4 is 56.0 Å². The van der Waals surface area contributed by atoms with Gasteiger partial charge in [0.25, 0.3) is 0 Å². The normalized spacial score (nSPS) is 11.9. The summed E-state index contributed by atoms with van der Waals surface area (Å²) in [5, 5.41) is 4.34. The minimum atomic E-state index is -0.266. The van der Waals surface area contributed by atoms with Gasteiger partial charge < -0.3 is 19.9 Å². The Morgan fingerprint density at radius 2 is 1.82 bits per heavy atom. The van der Waals surface area contributed by atoms with Gasteiger partial charge in [-0.3, -0.25) is 9.59 Å². The fourth-order valence-corrected chi connectivity index (χ4v) is 6.86. The molecule has 9 heteroatoms. The van der Waals surface area contributed by atoms with Crippen molar-refractivity contribution in [1.29, 1.82) is 0 Å². The third-order valence-corrected chi connectivity index (χ3v) is 8.96. The third-order valence-electron chi connectivity index (χ3n) is 6.78. The first-order chi connectivity index (χ1) is 19.5. The number of hydrogen-bond donors (Lipinski definition) is 2. The van der Waals surface area contributed by atoms with E-state index < -0.39 is 0 Å². The molecule has 0 spiro atoms. The van der Waals surface area contributed by atoms with Crippen molar-refractivity contribution in [2.24, 2.45) is 0 Å². The fourth-order valence-electron chi connectivity index (χ4n) is 4.78. The summed E-state index contributed by atoms with van der Waals surface area (Å²) in [4.78, 5) is 35.6. The van der Waals surface area contributed by atoms with E-state index in [0.717, 1.165) is 42.3 Å². The molecular weight excluding hydrogens is 541 g/mol. The van der Waals surface area contributed by atoms with Crippen molar-refractivity contribution in [3.63, 3.8) is 0 Å². The van der Waals surface area contributed by atoms with Gasteiger partial charge in [-0.1, -0.05) is 60.3 Å². The number of rotatable bonds is 12. The minimum absolute atomic E-state index is 0.0424. The molecule has 2 amide bonds. The molecule has 1 atom stereocenters. The number of aromatic amines is 1. The van der Waals surface area contributed by atoms with Crippen LogP contribution >= 0.6 is 23.1 Å². The number of hydrogen-bond acceptors (Lipinski definition) is 6. The molecule has 0 aliphatic carbocycles. The first kappa shape index (κ1) is 27.7. The first-order valence-electron chi connectivity index (χ1n) is 13.2. The van der Waals surface area contributed by atoms with Gasteiger partial charge in [-0.15, -0.1) is 11.3 Å². The number of fused-ring (bicyclic) bond motifs is 2. The molecule has 3 aromatic carbocycles. The van der Waals surface area contributed by atoms with Crippen molar-refractivity contribution in [3.8, 4) is 5.75 Å². The number of ether oxygens (including phenoxy) is 1. The van der Waals surface area contributed by atoms with Gasteiger partial charge in [0, 0.05) is 54.9 Å². The largest absolute Gasteiger partial charge is 0.496 e. The number of benzene rings is 3. The number of carbonyl (C=O) groups is 2. The van der Waals surface area contributed by atoms with E-state index in [9.17, 15) is 9.59 Å². The quantitative estimate of drug-likeness (QED) is 0.178. The summed E-state index contributed by atoms with van der Waals surface area (Å²) in [7, 11) is 1.63. The Balaban J connectivity index is 1.28. The van der Waals surface area contributed by atoms with Crippen LogP contribution in [-0.4, -0.2) is 52.1 Å². The lowest BCUT2D eigenvalue weighted by Gasteiger charge is -2.28. The molecule has 40 heavy (non-hydrogen) atoms. The van der Waals surface area contributed by atoms with Crippen LogP contribution in [-0.2, 0) is 22.6 Å². The summed E-state index contributed by atoms with van der Waals surface area (Å²) in [6.07, 6.45) is 2.94. The molecule has 0 fully saturated rings. The number of nitrogens with zero attached hydrogens (tertiary/aromatic N) is 2. The molecular formula is C31H32N4O3S2. The Kier molecular flexibility index (Phi) is 9.03. The highest BCUT2D eigenvalue weighted by Gasteiger charge is 2.22. The van der Waals surface area contributed by atoms with E-state index in [2.05, 4.69) is 27.4 Å². The predicted octanol–water partition coefficient (Wildman–Crippen LogP) is 6.04. The maximum Gasteiger partial charge on any atom is 0.221 e. The Labute approximate surface area is 241 Å². The van der Waals surface area contributed by atoms with E-state index in [1.165, 1.54) is 0 Å². The number of thioether (sulfide) groups is 1. The summed E-state index contributed by atoms with van der Waals surface area (Å²) in [5.41, 5.74) is 4.06. The van der Waals surface area contributed by atoms with Crippen LogP contribution in [0, 0.1) is 0 Å². The molecule has 2 heterocycles. The molecule has 0 bridgehead atoms. The molecule has 0 saturated heterocycles. The van der Waals surface area contributed by atoms with Crippen LogP contribution in [0.3, 0.4) is 0 Å². The standard InChI is InChI=1S/C31H32N4O3S2/c1-21(36)35(19-22-9-3-7-13-28(22)38-2)20-24(17-23-18-32-26-11-5-4-10-25(23)26)33-30(37)15-16-39-31-34-27-12-6-8-14-29(27)40-31/h3-14,18,24,32H,15-17,19-20H2,1-2H3,(H,33,37).